The monoisotopic (exact) mass is 285 g/mol. The molecule has 19 heavy (non-hydrogen) atoms. The SMILES string of the molecule is Cc1cc(C)cc(OCC(O)CN2CCCC2)c1.Cl. The van der Waals surface area contributed by atoms with E-state index in [9.17, 15) is 5.11 Å². The summed E-state index contributed by atoms with van der Waals surface area (Å²) in [6, 6.07) is 6.14. The van der Waals surface area contributed by atoms with Crippen LogP contribution in [0.4, 0.5) is 0 Å². The van der Waals surface area contributed by atoms with Crippen LogP contribution in [0.1, 0.15) is 24.0 Å². The van der Waals surface area contributed by atoms with E-state index < -0.39 is 6.10 Å². The van der Waals surface area contributed by atoms with E-state index in [1.807, 2.05) is 12.1 Å². The summed E-state index contributed by atoms with van der Waals surface area (Å²) in [5.41, 5.74) is 2.39. The van der Waals surface area contributed by atoms with Crippen LogP contribution in [0.25, 0.3) is 0 Å². The molecule has 1 heterocycles. The first-order valence-electron chi connectivity index (χ1n) is 6.75. The fraction of sp³-hybridized carbons (Fsp3) is 0.600. The normalized spacial score (nSPS) is 17.0. The van der Waals surface area contributed by atoms with Gasteiger partial charge < -0.3 is 14.7 Å². The number of rotatable bonds is 5. The minimum Gasteiger partial charge on any atom is -0.491 e. The molecule has 1 aromatic carbocycles. The Morgan fingerprint density at radius 1 is 1.16 bits per heavy atom. The van der Waals surface area contributed by atoms with Crippen molar-refractivity contribution in [2.24, 2.45) is 0 Å². The van der Waals surface area contributed by atoms with E-state index in [-0.39, 0.29) is 12.4 Å². The molecule has 0 amide bonds. The standard InChI is InChI=1S/C15H23NO2.ClH/c1-12-7-13(2)9-15(8-12)18-11-14(17)10-16-5-3-4-6-16;/h7-9,14,17H,3-6,10-11H2,1-2H3;1H. The summed E-state index contributed by atoms with van der Waals surface area (Å²) in [6.07, 6.45) is 2.11. The molecule has 0 spiro atoms. The molecule has 1 aliphatic heterocycles. The highest BCUT2D eigenvalue weighted by Crippen LogP contribution is 2.16. The zero-order valence-corrected chi connectivity index (χ0v) is 12.6. The predicted octanol–water partition coefficient (Wildman–Crippen LogP) is 2.56. The molecule has 4 heteroatoms. The molecular weight excluding hydrogens is 262 g/mol. The highest BCUT2D eigenvalue weighted by atomic mass is 35.5. The molecule has 0 saturated carbocycles. The fourth-order valence-electron chi connectivity index (χ4n) is 2.52. The van der Waals surface area contributed by atoms with Gasteiger partial charge >= 0.3 is 0 Å². The quantitative estimate of drug-likeness (QED) is 0.902. The van der Waals surface area contributed by atoms with Crippen molar-refractivity contribution in [1.82, 2.24) is 4.90 Å². The Kier molecular flexibility index (Phi) is 6.63. The largest absolute Gasteiger partial charge is 0.491 e. The van der Waals surface area contributed by atoms with Gasteiger partial charge in [0.2, 0.25) is 0 Å². The maximum atomic E-state index is 9.94. The van der Waals surface area contributed by atoms with Crippen molar-refractivity contribution in [1.29, 1.82) is 0 Å². The van der Waals surface area contributed by atoms with Crippen molar-refractivity contribution in [3.8, 4) is 5.75 Å². The van der Waals surface area contributed by atoms with E-state index in [1.165, 1.54) is 24.0 Å². The first-order valence-corrected chi connectivity index (χ1v) is 6.75. The molecule has 2 rings (SSSR count). The van der Waals surface area contributed by atoms with E-state index >= 15 is 0 Å². The zero-order chi connectivity index (χ0) is 13.0. The number of β-amino-alcohol motifs (C(OH)–C–C–N with tert-alkyl or cyclic N) is 1. The summed E-state index contributed by atoms with van der Waals surface area (Å²) in [6.45, 7) is 7.44. The van der Waals surface area contributed by atoms with Crippen LogP contribution < -0.4 is 4.74 Å². The molecule has 0 radical (unpaired) electrons. The van der Waals surface area contributed by atoms with Crippen molar-refractivity contribution < 1.29 is 9.84 Å². The van der Waals surface area contributed by atoms with Gasteiger partial charge in [0, 0.05) is 6.54 Å². The van der Waals surface area contributed by atoms with Gasteiger partial charge in [-0.05, 0) is 63.0 Å². The summed E-state index contributed by atoms with van der Waals surface area (Å²) in [5.74, 6) is 0.855. The lowest BCUT2D eigenvalue weighted by molar-refractivity contribution is 0.0758. The van der Waals surface area contributed by atoms with E-state index in [0.29, 0.717) is 6.61 Å². The van der Waals surface area contributed by atoms with Gasteiger partial charge in [-0.3, -0.25) is 0 Å². The summed E-state index contributed by atoms with van der Waals surface area (Å²) in [4.78, 5) is 2.30. The Bertz CT molecular complexity index is 371. The van der Waals surface area contributed by atoms with Crippen molar-refractivity contribution >= 4 is 12.4 Å². The molecule has 0 aromatic heterocycles. The van der Waals surface area contributed by atoms with Gasteiger partial charge in [-0.1, -0.05) is 6.07 Å². The lowest BCUT2D eigenvalue weighted by Crippen LogP contribution is -2.33. The number of benzene rings is 1. The molecule has 1 aliphatic rings. The van der Waals surface area contributed by atoms with Gasteiger partial charge in [0.15, 0.2) is 0 Å². The van der Waals surface area contributed by atoms with Gasteiger partial charge in [0.1, 0.15) is 18.5 Å². The molecule has 1 atom stereocenters. The molecule has 1 saturated heterocycles. The van der Waals surface area contributed by atoms with Gasteiger partial charge in [-0.25, -0.2) is 0 Å². The maximum Gasteiger partial charge on any atom is 0.119 e. The van der Waals surface area contributed by atoms with Crippen LogP contribution in [-0.4, -0.2) is 42.4 Å². The third-order valence-electron chi connectivity index (χ3n) is 3.31. The minimum atomic E-state index is -0.399. The van der Waals surface area contributed by atoms with Crippen LogP contribution in [0, 0.1) is 13.8 Å². The Morgan fingerprint density at radius 3 is 2.32 bits per heavy atom. The molecule has 1 fully saturated rings. The predicted molar refractivity (Wildman–Crippen MR) is 80.3 cm³/mol. The topological polar surface area (TPSA) is 32.7 Å². The second-order valence-electron chi connectivity index (χ2n) is 5.30. The first-order chi connectivity index (χ1) is 8.63. The first kappa shape index (κ1) is 16.3. The number of hydrogen-bond acceptors (Lipinski definition) is 3. The Labute approximate surface area is 122 Å². The summed E-state index contributed by atoms with van der Waals surface area (Å²) in [5, 5.41) is 9.94. The molecule has 1 N–H and O–H groups in total. The highest BCUT2D eigenvalue weighted by molar-refractivity contribution is 5.85. The van der Waals surface area contributed by atoms with E-state index in [2.05, 4.69) is 24.8 Å². The third-order valence-corrected chi connectivity index (χ3v) is 3.31. The molecule has 0 bridgehead atoms. The zero-order valence-electron chi connectivity index (χ0n) is 11.8. The second-order valence-corrected chi connectivity index (χ2v) is 5.30. The van der Waals surface area contributed by atoms with Gasteiger partial charge in [0.25, 0.3) is 0 Å². The Balaban J connectivity index is 0.00000180. The number of aliphatic hydroxyl groups excluding tert-OH is 1. The van der Waals surface area contributed by atoms with E-state index in [0.717, 1.165) is 25.4 Å². The molecule has 1 aromatic rings. The van der Waals surface area contributed by atoms with Crippen molar-refractivity contribution in [2.75, 3.05) is 26.2 Å². The van der Waals surface area contributed by atoms with E-state index in [1.54, 1.807) is 0 Å². The fourth-order valence-corrected chi connectivity index (χ4v) is 2.52. The van der Waals surface area contributed by atoms with Crippen molar-refractivity contribution in [3.63, 3.8) is 0 Å². The second kappa shape index (κ2) is 7.73. The molecule has 3 nitrogen and oxygen atoms in total. The third kappa shape index (κ3) is 5.39. The van der Waals surface area contributed by atoms with Crippen molar-refractivity contribution in [3.05, 3.63) is 29.3 Å². The molecule has 108 valence electrons. The lowest BCUT2D eigenvalue weighted by atomic mass is 10.1. The number of aryl methyl sites for hydroxylation is 2. The number of likely N-dealkylation sites (tertiary alicyclic amines) is 1. The lowest BCUT2D eigenvalue weighted by Gasteiger charge is -2.19. The maximum absolute atomic E-state index is 9.94. The van der Waals surface area contributed by atoms with Gasteiger partial charge in [0.05, 0.1) is 0 Å². The van der Waals surface area contributed by atoms with Crippen LogP contribution >= 0.6 is 12.4 Å². The van der Waals surface area contributed by atoms with Crippen LogP contribution in [0.5, 0.6) is 5.75 Å². The molecular formula is C15H24ClNO2. The Morgan fingerprint density at radius 2 is 1.74 bits per heavy atom. The van der Waals surface area contributed by atoms with Crippen LogP contribution in [0.3, 0.4) is 0 Å². The highest BCUT2D eigenvalue weighted by Gasteiger charge is 2.16. The average Bonchev–Trinajstić information content (AvgIpc) is 2.78. The summed E-state index contributed by atoms with van der Waals surface area (Å²) >= 11 is 0. The summed E-state index contributed by atoms with van der Waals surface area (Å²) in [7, 11) is 0. The van der Waals surface area contributed by atoms with Crippen molar-refractivity contribution in [2.45, 2.75) is 32.8 Å². The number of hydrogen-bond donors (Lipinski definition) is 1. The number of nitrogens with zero attached hydrogens (tertiary/aromatic N) is 1. The number of halogens is 1. The van der Waals surface area contributed by atoms with Crippen LogP contribution in [0.2, 0.25) is 0 Å². The minimum absolute atomic E-state index is 0. The van der Waals surface area contributed by atoms with E-state index in [4.69, 9.17) is 4.74 Å². The smallest absolute Gasteiger partial charge is 0.119 e. The average molecular weight is 286 g/mol. The Hall–Kier alpha value is -0.770. The molecule has 1 unspecified atom stereocenters. The van der Waals surface area contributed by atoms with Crippen LogP contribution in [0.15, 0.2) is 18.2 Å². The number of ether oxygens (including phenoxy) is 1. The van der Waals surface area contributed by atoms with Crippen LogP contribution in [-0.2, 0) is 0 Å². The summed E-state index contributed by atoms with van der Waals surface area (Å²) < 4.78 is 5.66. The van der Waals surface area contributed by atoms with Gasteiger partial charge in [-0.2, -0.15) is 0 Å². The molecule has 0 aliphatic carbocycles. The van der Waals surface area contributed by atoms with Gasteiger partial charge in [-0.15, -0.1) is 12.4 Å². The number of aliphatic hydroxyl groups is 1.